The minimum atomic E-state index is -1.07. The Kier molecular flexibility index (Phi) is 8.90. The number of hydrogen-bond donors (Lipinski definition) is 3. The number of carbonyl (C=O) groups excluding carboxylic acids is 1. The summed E-state index contributed by atoms with van der Waals surface area (Å²) in [5, 5.41) is 28.8. The highest BCUT2D eigenvalue weighted by molar-refractivity contribution is 5.72. The number of fused-ring (bicyclic) bond motifs is 1. The highest BCUT2D eigenvalue weighted by atomic mass is 16.5. The second-order valence-electron chi connectivity index (χ2n) is 8.69. The van der Waals surface area contributed by atoms with Crippen molar-refractivity contribution in [3.8, 4) is 0 Å². The fraction of sp³-hybridized carbons (Fsp3) is 0.739. The Morgan fingerprint density at radius 1 is 1.28 bits per heavy atom. The van der Waals surface area contributed by atoms with E-state index in [2.05, 4.69) is 25.2 Å². The van der Waals surface area contributed by atoms with Crippen LogP contribution >= 0.6 is 0 Å². The maximum absolute atomic E-state index is 12.4. The number of carboxylic acids is 1. The van der Waals surface area contributed by atoms with Gasteiger partial charge in [-0.1, -0.05) is 39.0 Å². The van der Waals surface area contributed by atoms with Gasteiger partial charge < -0.3 is 20.1 Å². The van der Waals surface area contributed by atoms with Crippen molar-refractivity contribution in [3.05, 3.63) is 23.8 Å². The molecule has 0 saturated carbocycles. The molecule has 2 aliphatic carbocycles. The zero-order valence-corrected chi connectivity index (χ0v) is 17.8. The van der Waals surface area contributed by atoms with Crippen LogP contribution in [0.2, 0.25) is 0 Å². The first-order valence-corrected chi connectivity index (χ1v) is 10.9. The van der Waals surface area contributed by atoms with E-state index in [1.165, 1.54) is 5.57 Å². The van der Waals surface area contributed by atoms with Crippen LogP contribution in [0.25, 0.3) is 0 Å². The molecule has 0 aromatic rings. The van der Waals surface area contributed by atoms with Gasteiger partial charge in [-0.2, -0.15) is 0 Å². The molecule has 0 fully saturated rings. The summed E-state index contributed by atoms with van der Waals surface area (Å²) in [7, 11) is 0. The SMILES string of the molecule is CC[C@H](C)C(=O)O[C@H]1CCC=C2C=C[C@H](C)[C@H](CC[C@H](O)C[C@@H](O)CC(=O)O)[C@H]21. The van der Waals surface area contributed by atoms with Crippen molar-refractivity contribution in [2.24, 2.45) is 23.7 Å². The van der Waals surface area contributed by atoms with E-state index in [-0.39, 0.29) is 48.6 Å². The fourth-order valence-electron chi connectivity index (χ4n) is 4.49. The van der Waals surface area contributed by atoms with E-state index < -0.39 is 18.2 Å². The van der Waals surface area contributed by atoms with Crippen molar-refractivity contribution in [1.29, 1.82) is 0 Å². The Morgan fingerprint density at radius 3 is 2.66 bits per heavy atom. The molecule has 0 aliphatic heterocycles. The quantitative estimate of drug-likeness (QED) is 0.478. The van der Waals surface area contributed by atoms with E-state index in [0.717, 1.165) is 25.7 Å². The van der Waals surface area contributed by atoms with E-state index in [9.17, 15) is 19.8 Å². The molecule has 0 spiro atoms. The maximum Gasteiger partial charge on any atom is 0.308 e. The molecule has 0 heterocycles. The van der Waals surface area contributed by atoms with E-state index in [1.54, 1.807) is 0 Å². The van der Waals surface area contributed by atoms with Crippen LogP contribution < -0.4 is 0 Å². The number of aliphatic hydroxyl groups excluding tert-OH is 2. The molecule has 0 aromatic carbocycles. The van der Waals surface area contributed by atoms with Crippen LogP contribution in [0.4, 0.5) is 0 Å². The van der Waals surface area contributed by atoms with Gasteiger partial charge in [-0.25, -0.2) is 0 Å². The van der Waals surface area contributed by atoms with E-state index >= 15 is 0 Å². The molecular formula is C23H36O6. The van der Waals surface area contributed by atoms with Crippen LogP contribution in [0.1, 0.15) is 65.7 Å². The zero-order valence-electron chi connectivity index (χ0n) is 17.8. The summed E-state index contributed by atoms with van der Waals surface area (Å²) in [6.45, 7) is 6.01. The zero-order chi connectivity index (χ0) is 21.6. The highest BCUT2D eigenvalue weighted by Gasteiger charge is 2.40. The lowest BCUT2D eigenvalue weighted by molar-refractivity contribution is -0.158. The van der Waals surface area contributed by atoms with Gasteiger partial charge in [0.25, 0.3) is 0 Å². The smallest absolute Gasteiger partial charge is 0.308 e. The Balaban J connectivity index is 2.03. The number of hydrogen-bond acceptors (Lipinski definition) is 5. The second-order valence-corrected chi connectivity index (χ2v) is 8.69. The average molecular weight is 409 g/mol. The fourth-order valence-corrected chi connectivity index (χ4v) is 4.49. The first kappa shape index (κ1) is 23.6. The van der Waals surface area contributed by atoms with Gasteiger partial charge in [0.15, 0.2) is 0 Å². The highest BCUT2D eigenvalue weighted by Crippen LogP contribution is 2.44. The van der Waals surface area contributed by atoms with Crippen LogP contribution in [0, 0.1) is 23.7 Å². The number of rotatable bonds is 10. The van der Waals surface area contributed by atoms with E-state index in [0.29, 0.717) is 6.42 Å². The Labute approximate surface area is 173 Å². The van der Waals surface area contributed by atoms with Crippen molar-refractivity contribution in [3.63, 3.8) is 0 Å². The van der Waals surface area contributed by atoms with Crippen molar-refractivity contribution in [2.45, 2.75) is 84.0 Å². The Hall–Kier alpha value is -1.66. The lowest BCUT2D eigenvalue weighted by Crippen LogP contribution is -2.40. The van der Waals surface area contributed by atoms with Crippen molar-refractivity contribution >= 4 is 11.9 Å². The molecule has 7 atom stereocenters. The maximum atomic E-state index is 12.4. The number of aliphatic hydroxyl groups is 2. The number of esters is 1. The average Bonchev–Trinajstić information content (AvgIpc) is 2.66. The molecule has 0 bridgehead atoms. The van der Waals surface area contributed by atoms with Crippen LogP contribution in [-0.2, 0) is 14.3 Å². The summed E-state index contributed by atoms with van der Waals surface area (Å²) in [4.78, 5) is 23.1. The second kappa shape index (κ2) is 10.9. The normalized spacial score (nSPS) is 29.3. The molecule has 0 aromatic heterocycles. The van der Waals surface area contributed by atoms with Gasteiger partial charge >= 0.3 is 11.9 Å². The number of ether oxygens (including phenoxy) is 1. The topological polar surface area (TPSA) is 104 Å². The van der Waals surface area contributed by atoms with Crippen molar-refractivity contribution < 1.29 is 29.6 Å². The third kappa shape index (κ3) is 6.68. The Morgan fingerprint density at radius 2 is 2.00 bits per heavy atom. The number of carboxylic acid groups (broad SMARTS) is 1. The predicted molar refractivity (Wildman–Crippen MR) is 110 cm³/mol. The minimum Gasteiger partial charge on any atom is -0.481 e. The molecule has 0 radical (unpaired) electrons. The first-order chi connectivity index (χ1) is 13.7. The van der Waals surface area contributed by atoms with Crippen LogP contribution in [-0.4, -0.2) is 45.6 Å². The number of allylic oxidation sites excluding steroid dienone is 3. The largest absolute Gasteiger partial charge is 0.481 e. The van der Waals surface area contributed by atoms with Crippen LogP contribution in [0.5, 0.6) is 0 Å². The summed E-state index contributed by atoms with van der Waals surface area (Å²) in [5.41, 5.74) is 1.21. The molecule has 0 amide bonds. The van der Waals surface area contributed by atoms with E-state index in [4.69, 9.17) is 9.84 Å². The van der Waals surface area contributed by atoms with Gasteiger partial charge in [0.05, 0.1) is 24.5 Å². The van der Waals surface area contributed by atoms with Gasteiger partial charge in [0.2, 0.25) is 0 Å². The predicted octanol–water partition coefficient (Wildman–Crippen LogP) is 3.47. The van der Waals surface area contributed by atoms with Gasteiger partial charge in [0, 0.05) is 5.92 Å². The molecule has 3 N–H and O–H groups in total. The third-order valence-corrected chi connectivity index (χ3v) is 6.42. The molecule has 0 saturated heterocycles. The summed E-state index contributed by atoms with van der Waals surface area (Å²) in [6.07, 6.45) is 7.97. The molecular weight excluding hydrogens is 372 g/mol. The number of carbonyl (C=O) groups is 2. The molecule has 2 aliphatic rings. The monoisotopic (exact) mass is 408 g/mol. The van der Waals surface area contributed by atoms with Crippen molar-refractivity contribution in [1.82, 2.24) is 0 Å². The Bertz CT molecular complexity index is 625. The molecule has 6 nitrogen and oxygen atoms in total. The summed E-state index contributed by atoms with van der Waals surface area (Å²) in [5.74, 6) is -0.691. The van der Waals surface area contributed by atoms with Gasteiger partial charge in [0.1, 0.15) is 6.10 Å². The summed E-state index contributed by atoms with van der Waals surface area (Å²) >= 11 is 0. The molecule has 2 rings (SSSR count). The lowest BCUT2D eigenvalue weighted by atomic mass is 9.66. The molecule has 29 heavy (non-hydrogen) atoms. The van der Waals surface area contributed by atoms with E-state index in [1.807, 2.05) is 13.8 Å². The van der Waals surface area contributed by atoms with Gasteiger partial charge in [-0.3, -0.25) is 9.59 Å². The number of aliphatic carboxylic acids is 1. The van der Waals surface area contributed by atoms with Crippen LogP contribution in [0.3, 0.4) is 0 Å². The minimum absolute atomic E-state index is 0.0586. The first-order valence-electron chi connectivity index (χ1n) is 10.9. The van der Waals surface area contributed by atoms with Gasteiger partial charge in [-0.15, -0.1) is 0 Å². The van der Waals surface area contributed by atoms with Gasteiger partial charge in [-0.05, 0) is 55.9 Å². The molecule has 164 valence electrons. The summed E-state index contributed by atoms with van der Waals surface area (Å²) < 4.78 is 5.93. The summed E-state index contributed by atoms with van der Waals surface area (Å²) in [6, 6.07) is 0. The van der Waals surface area contributed by atoms with Crippen LogP contribution in [0.15, 0.2) is 23.8 Å². The molecule has 0 unspecified atom stereocenters. The lowest BCUT2D eigenvalue weighted by Gasteiger charge is -2.42. The molecule has 6 heteroatoms. The third-order valence-electron chi connectivity index (χ3n) is 6.42. The van der Waals surface area contributed by atoms with Crippen molar-refractivity contribution in [2.75, 3.05) is 0 Å². The standard InChI is InChI=1S/C23H36O6/c1-4-14(2)23(28)29-20-7-5-6-16-9-8-15(3)19(22(16)20)11-10-17(24)12-18(25)13-21(26)27/h6,8-9,14-15,17-20,22,24-25H,4-5,7,10-13H2,1-3H3,(H,26,27)/t14-,15-,17-,18+,19-,20-,22-/m0/s1.